The molecular weight excluding hydrogens is 228 g/mol. The third kappa shape index (κ3) is 2.20. The van der Waals surface area contributed by atoms with Crippen molar-refractivity contribution in [2.45, 2.75) is 0 Å². The summed E-state index contributed by atoms with van der Waals surface area (Å²) in [5, 5.41) is 9.13. The molecular formula is C14H10N2O2. The molecule has 1 heterocycles. The predicted octanol–water partition coefficient (Wildman–Crippen LogP) is 2.41. The van der Waals surface area contributed by atoms with E-state index in [0.29, 0.717) is 22.4 Å². The highest BCUT2D eigenvalue weighted by Crippen LogP contribution is 2.22. The second kappa shape index (κ2) is 5.11. The fourth-order valence-corrected chi connectivity index (χ4v) is 1.63. The summed E-state index contributed by atoms with van der Waals surface area (Å²) in [6.45, 7) is 0. The number of benzene rings is 1. The lowest BCUT2D eigenvalue weighted by Crippen LogP contribution is -2.02. The molecule has 0 saturated carbocycles. The molecule has 0 atom stereocenters. The number of methoxy groups -OCH3 is 1. The highest BCUT2D eigenvalue weighted by molar-refractivity contribution is 5.90. The van der Waals surface area contributed by atoms with Gasteiger partial charge in [0.15, 0.2) is 0 Å². The first-order chi connectivity index (χ1) is 8.76. The number of hydrogen-bond donors (Lipinski definition) is 0. The molecule has 0 N–H and O–H groups in total. The van der Waals surface area contributed by atoms with Crippen molar-refractivity contribution in [3.8, 4) is 17.3 Å². The summed E-state index contributed by atoms with van der Waals surface area (Å²) >= 11 is 0. The molecule has 4 heteroatoms. The summed E-state index contributed by atoms with van der Waals surface area (Å²) in [6, 6.07) is 12.4. The molecule has 0 spiro atoms. The molecule has 0 aliphatic heterocycles. The molecule has 0 bridgehead atoms. The minimum Gasteiger partial charge on any atom is -0.465 e. The molecule has 18 heavy (non-hydrogen) atoms. The Balaban J connectivity index is 2.52. The number of ether oxygens (including phenoxy) is 1. The lowest BCUT2D eigenvalue weighted by Gasteiger charge is -2.05. The van der Waals surface area contributed by atoms with Gasteiger partial charge in [0, 0.05) is 11.8 Å². The van der Waals surface area contributed by atoms with Crippen LogP contribution in [0.1, 0.15) is 15.9 Å². The Morgan fingerprint density at radius 2 is 2.17 bits per heavy atom. The van der Waals surface area contributed by atoms with Gasteiger partial charge in [-0.3, -0.25) is 4.98 Å². The van der Waals surface area contributed by atoms with Crippen molar-refractivity contribution in [2.75, 3.05) is 7.11 Å². The Morgan fingerprint density at radius 3 is 2.78 bits per heavy atom. The molecule has 2 rings (SSSR count). The number of rotatable bonds is 2. The third-order valence-corrected chi connectivity index (χ3v) is 2.50. The maximum absolute atomic E-state index is 11.4. The van der Waals surface area contributed by atoms with Crippen LogP contribution in [0, 0.1) is 11.3 Å². The molecule has 1 aromatic heterocycles. The first kappa shape index (κ1) is 11.8. The molecule has 88 valence electrons. The zero-order valence-corrected chi connectivity index (χ0v) is 9.75. The smallest absolute Gasteiger partial charge is 0.337 e. The van der Waals surface area contributed by atoms with Crippen LogP contribution in [0.15, 0.2) is 42.6 Å². The number of carbonyl (C=O) groups is 1. The highest BCUT2D eigenvalue weighted by Gasteiger charge is 2.11. The van der Waals surface area contributed by atoms with Crippen molar-refractivity contribution in [1.29, 1.82) is 5.26 Å². The lowest BCUT2D eigenvalue weighted by atomic mass is 10.0. The van der Waals surface area contributed by atoms with Crippen LogP contribution < -0.4 is 0 Å². The molecule has 0 amide bonds. The Hall–Kier alpha value is -2.67. The van der Waals surface area contributed by atoms with Crippen molar-refractivity contribution in [1.82, 2.24) is 4.98 Å². The summed E-state index contributed by atoms with van der Waals surface area (Å²) in [6.07, 6.45) is 1.66. The Bertz CT molecular complexity index is 615. The minimum atomic E-state index is -0.459. The lowest BCUT2D eigenvalue weighted by molar-refractivity contribution is 0.0600. The van der Waals surface area contributed by atoms with E-state index in [9.17, 15) is 4.79 Å². The summed E-state index contributed by atoms with van der Waals surface area (Å²) < 4.78 is 4.62. The van der Waals surface area contributed by atoms with Gasteiger partial charge in [-0.1, -0.05) is 12.1 Å². The number of nitriles is 1. The fourth-order valence-electron chi connectivity index (χ4n) is 1.63. The van der Waals surface area contributed by atoms with Crippen molar-refractivity contribution < 1.29 is 9.53 Å². The number of hydrogen-bond acceptors (Lipinski definition) is 4. The summed E-state index contributed by atoms with van der Waals surface area (Å²) in [4.78, 5) is 15.6. The number of nitrogens with zero attached hydrogens (tertiary/aromatic N) is 2. The molecule has 4 nitrogen and oxygen atoms in total. The van der Waals surface area contributed by atoms with Crippen molar-refractivity contribution in [2.24, 2.45) is 0 Å². The first-order valence-corrected chi connectivity index (χ1v) is 5.30. The topological polar surface area (TPSA) is 63.0 Å². The molecule has 0 aliphatic carbocycles. The molecule has 0 saturated heterocycles. The largest absolute Gasteiger partial charge is 0.465 e. The van der Waals surface area contributed by atoms with E-state index in [4.69, 9.17) is 5.26 Å². The zero-order valence-electron chi connectivity index (χ0n) is 9.75. The van der Waals surface area contributed by atoms with Gasteiger partial charge in [-0.2, -0.15) is 5.26 Å². The van der Waals surface area contributed by atoms with Crippen LogP contribution in [0.2, 0.25) is 0 Å². The zero-order chi connectivity index (χ0) is 13.0. The molecule has 0 unspecified atom stereocenters. The van der Waals surface area contributed by atoms with Crippen LogP contribution in [-0.4, -0.2) is 18.1 Å². The second-order valence-corrected chi connectivity index (χ2v) is 3.58. The average Bonchev–Trinajstić information content (AvgIpc) is 2.46. The Labute approximate surface area is 104 Å². The van der Waals surface area contributed by atoms with Gasteiger partial charge in [-0.15, -0.1) is 0 Å². The van der Waals surface area contributed by atoms with Crippen LogP contribution in [0.3, 0.4) is 0 Å². The molecule has 1 aromatic carbocycles. The average molecular weight is 238 g/mol. The van der Waals surface area contributed by atoms with Gasteiger partial charge in [0.05, 0.1) is 30.0 Å². The van der Waals surface area contributed by atoms with Crippen molar-refractivity contribution in [3.63, 3.8) is 0 Å². The summed E-state index contributed by atoms with van der Waals surface area (Å²) in [5.41, 5.74) is 2.15. The second-order valence-electron chi connectivity index (χ2n) is 3.58. The quantitative estimate of drug-likeness (QED) is 0.753. The Morgan fingerprint density at radius 1 is 1.33 bits per heavy atom. The van der Waals surface area contributed by atoms with E-state index < -0.39 is 5.97 Å². The van der Waals surface area contributed by atoms with Gasteiger partial charge in [0.2, 0.25) is 0 Å². The SMILES string of the molecule is COC(=O)c1ccc(-c2ccccn2)c(C#N)c1. The normalized spacial score (nSPS) is 9.56. The van der Waals surface area contributed by atoms with Gasteiger partial charge >= 0.3 is 5.97 Å². The maximum atomic E-state index is 11.4. The van der Waals surface area contributed by atoms with Crippen LogP contribution in [0.5, 0.6) is 0 Å². The van der Waals surface area contributed by atoms with E-state index >= 15 is 0 Å². The van der Waals surface area contributed by atoms with Crippen LogP contribution in [-0.2, 0) is 4.74 Å². The molecule has 2 aromatic rings. The number of aromatic nitrogens is 1. The van der Waals surface area contributed by atoms with Gasteiger partial charge in [0.25, 0.3) is 0 Å². The predicted molar refractivity (Wildman–Crippen MR) is 65.7 cm³/mol. The van der Waals surface area contributed by atoms with Crippen molar-refractivity contribution in [3.05, 3.63) is 53.7 Å². The summed E-state index contributed by atoms with van der Waals surface area (Å²) in [5.74, 6) is -0.459. The molecule has 0 radical (unpaired) electrons. The van der Waals surface area contributed by atoms with Gasteiger partial charge in [-0.05, 0) is 24.3 Å². The van der Waals surface area contributed by atoms with E-state index in [0.717, 1.165) is 0 Å². The van der Waals surface area contributed by atoms with E-state index in [-0.39, 0.29) is 0 Å². The standard InChI is InChI=1S/C14H10N2O2/c1-18-14(17)10-5-6-12(11(8-10)9-15)13-4-2-3-7-16-13/h2-8H,1H3. The monoisotopic (exact) mass is 238 g/mol. The van der Waals surface area contributed by atoms with Crippen LogP contribution in [0.4, 0.5) is 0 Å². The number of carbonyl (C=O) groups excluding carboxylic acids is 1. The molecule has 0 fully saturated rings. The van der Waals surface area contributed by atoms with Crippen LogP contribution >= 0.6 is 0 Å². The number of esters is 1. The molecule has 0 aliphatic rings. The van der Waals surface area contributed by atoms with Gasteiger partial charge in [0.1, 0.15) is 0 Å². The third-order valence-electron chi connectivity index (χ3n) is 2.50. The fraction of sp³-hybridized carbons (Fsp3) is 0.0714. The van der Waals surface area contributed by atoms with Gasteiger partial charge in [-0.25, -0.2) is 4.79 Å². The summed E-state index contributed by atoms with van der Waals surface area (Å²) in [7, 11) is 1.31. The van der Waals surface area contributed by atoms with Crippen LogP contribution in [0.25, 0.3) is 11.3 Å². The minimum absolute atomic E-state index is 0.355. The highest BCUT2D eigenvalue weighted by atomic mass is 16.5. The maximum Gasteiger partial charge on any atom is 0.337 e. The van der Waals surface area contributed by atoms with E-state index in [1.807, 2.05) is 12.1 Å². The van der Waals surface area contributed by atoms with E-state index in [1.165, 1.54) is 13.2 Å². The van der Waals surface area contributed by atoms with Crippen molar-refractivity contribution >= 4 is 5.97 Å². The number of pyridine rings is 1. The van der Waals surface area contributed by atoms with E-state index in [2.05, 4.69) is 15.8 Å². The van der Waals surface area contributed by atoms with E-state index in [1.54, 1.807) is 24.4 Å². The Kier molecular flexibility index (Phi) is 3.35. The van der Waals surface area contributed by atoms with Gasteiger partial charge < -0.3 is 4.74 Å². The first-order valence-electron chi connectivity index (χ1n) is 5.30.